The van der Waals surface area contributed by atoms with Crippen LogP contribution < -0.4 is 0 Å². The van der Waals surface area contributed by atoms with E-state index in [-0.39, 0.29) is 9.90 Å². The Labute approximate surface area is 68.1 Å². The smallest absolute Gasteiger partial charge is 0.302 e. The van der Waals surface area contributed by atoms with Crippen molar-refractivity contribution in [1.29, 1.82) is 0 Å². The van der Waals surface area contributed by atoms with Crippen LogP contribution in [0.4, 0.5) is 5.00 Å². The van der Waals surface area contributed by atoms with Crippen LogP contribution in [-0.2, 0) is 11.1 Å². The van der Waals surface area contributed by atoms with E-state index in [2.05, 4.69) is 0 Å². The molecule has 0 aliphatic rings. The van der Waals surface area contributed by atoms with Gasteiger partial charge in [0.1, 0.15) is 0 Å². The van der Waals surface area contributed by atoms with Crippen molar-refractivity contribution < 1.29 is 13.7 Å². The van der Waals surface area contributed by atoms with Gasteiger partial charge in [0.25, 0.3) is 0 Å². The molecule has 60 valence electrons. The second-order valence-corrected chi connectivity index (χ2v) is 3.43. The van der Waals surface area contributed by atoms with Gasteiger partial charge in [-0.25, -0.2) is 4.21 Å². The van der Waals surface area contributed by atoms with Crippen LogP contribution in [0.2, 0.25) is 0 Å². The van der Waals surface area contributed by atoms with Crippen molar-refractivity contribution in [3.05, 3.63) is 21.6 Å². The fourth-order valence-corrected chi connectivity index (χ4v) is 2.01. The molecule has 0 spiro atoms. The lowest BCUT2D eigenvalue weighted by Crippen LogP contribution is -1.91. The summed E-state index contributed by atoms with van der Waals surface area (Å²) >= 11 is -1.43. The summed E-state index contributed by atoms with van der Waals surface area (Å²) < 4.78 is 18.9. The molecule has 1 atom stereocenters. The Bertz CT molecular complexity index is 278. The Morgan fingerprint density at radius 2 is 2.36 bits per heavy atom. The van der Waals surface area contributed by atoms with Gasteiger partial charge >= 0.3 is 5.00 Å². The van der Waals surface area contributed by atoms with E-state index in [1.807, 2.05) is 0 Å². The minimum atomic E-state index is -2.26. The lowest BCUT2D eigenvalue weighted by atomic mass is 10.6. The third kappa shape index (κ3) is 1.62. The molecule has 0 saturated carbocycles. The zero-order valence-corrected chi connectivity index (χ0v) is 6.72. The van der Waals surface area contributed by atoms with Gasteiger partial charge in [-0.2, -0.15) is 0 Å². The molecule has 11 heavy (non-hydrogen) atoms. The Morgan fingerprint density at radius 3 is 2.73 bits per heavy atom. The lowest BCUT2D eigenvalue weighted by molar-refractivity contribution is -0.383. The van der Waals surface area contributed by atoms with Crippen molar-refractivity contribution in [1.82, 2.24) is 0 Å². The minimum absolute atomic E-state index is 0.139. The van der Waals surface area contributed by atoms with Crippen LogP contribution in [-0.4, -0.2) is 13.7 Å². The van der Waals surface area contributed by atoms with Crippen LogP contribution in [0, 0.1) is 10.1 Å². The average Bonchev–Trinajstić information content (AvgIpc) is 2.32. The quantitative estimate of drug-likeness (QED) is 0.435. The molecule has 1 unspecified atom stereocenters. The predicted molar refractivity (Wildman–Crippen MR) is 40.0 cm³/mol. The first kappa shape index (κ1) is 8.31. The normalized spacial score (nSPS) is 12.8. The van der Waals surface area contributed by atoms with Crippen molar-refractivity contribution in [2.75, 3.05) is 0 Å². The van der Waals surface area contributed by atoms with Gasteiger partial charge < -0.3 is 4.55 Å². The van der Waals surface area contributed by atoms with Crippen molar-refractivity contribution in [3.8, 4) is 0 Å². The van der Waals surface area contributed by atoms with Gasteiger partial charge in [0.15, 0.2) is 16.0 Å². The van der Waals surface area contributed by atoms with Gasteiger partial charge in [0, 0.05) is 0 Å². The van der Waals surface area contributed by atoms with E-state index in [1.165, 1.54) is 11.4 Å². The summed E-state index contributed by atoms with van der Waals surface area (Å²) in [6, 6.07) is 1.26. The lowest BCUT2D eigenvalue weighted by Gasteiger charge is -1.87. The summed E-state index contributed by atoms with van der Waals surface area (Å²) in [5.74, 6) is 0. The summed E-state index contributed by atoms with van der Waals surface area (Å²) in [6.07, 6.45) is 0. The van der Waals surface area contributed by atoms with Crippen molar-refractivity contribution in [2.45, 2.75) is 4.90 Å². The van der Waals surface area contributed by atoms with Crippen LogP contribution in [0.5, 0.6) is 0 Å². The molecule has 0 saturated heterocycles. The van der Waals surface area contributed by atoms with Crippen LogP contribution >= 0.6 is 11.3 Å². The monoisotopic (exact) mass is 193 g/mol. The van der Waals surface area contributed by atoms with Crippen LogP contribution in [0.15, 0.2) is 16.3 Å². The molecular formula is C4H3NO4S2. The van der Waals surface area contributed by atoms with Crippen LogP contribution in [0.1, 0.15) is 0 Å². The van der Waals surface area contributed by atoms with Crippen molar-refractivity contribution >= 4 is 27.4 Å². The largest absolute Gasteiger partial charge is 0.342 e. The SMILES string of the molecule is O=[N+]([O-])c1sccc1S(=O)O. The third-order valence-electron chi connectivity index (χ3n) is 0.964. The highest BCUT2D eigenvalue weighted by Gasteiger charge is 2.18. The Hall–Kier alpha value is -0.790. The van der Waals surface area contributed by atoms with Crippen LogP contribution in [0.3, 0.4) is 0 Å². The van der Waals surface area contributed by atoms with Gasteiger partial charge in [-0.05, 0) is 11.4 Å². The molecule has 1 N–H and O–H groups in total. The molecule has 0 amide bonds. The summed E-state index contributed by atoms with van der Waals surface area (Å²) in [4.78, 5) is 9.35. The molecule has 0 aliphatic heterocycles. The Kier molecular flexibility index (Phi) is 2.32. The number of thiophene rings is 1. The second kappa shape index (κ2) is 3.07. The fourth-order valence-electron chi connectivity index (χ4n) is 0.556. The Morgan fingerprint density at radius 1 is 1.73 bits per heavy atom. The molecule has 1 aromatic rings. The first-order chi connectivity index (χ1) is 5.13. The molecular weight excluding hydrogens is 190 g/mol. The maximum Gasteiger partial charge on any atom is 0.342 e. The molecule has 0 radical (unpaired) electrons. The molecule has 0 fully saturated rings. The van der Waals surface area contributed by atoms with E-state index in [1.54, 1.807) is 0 Å². The molecule has 0 aliphatic carbocycles. The standard InChI is InChI=1S/C4H3NO4S2/c6-5(7)4-3(11(8)9)1-2-10-4/h1-2H,(H,8,9). The average molecular weight is 193 g/mol. The third-order valence-corrected chi connectivity index (χ3v) is 2.66. The van der Waals surface area contributed by atoms with E-state index >= 15 is 0 Å². The summed E-state index contributed by atoms with van der Waals surface area (Å²) in [7, 11) is 0. The molecule has 7 heteroatoms. The number of hydrogen-bond acceptors (Lipinski definition) is 4. The van der Waals surface area contributed by atoms with E-state index < -0.39 is 16.0 Å². The molecule has 1 aromatic heterocycles. The minimum Gasteiger partial charge on any atom is -0.302 e. The van der Waals surface area contributed by atoms with Gasteiger partial charge in [0.05, 0.1) is 4.92 Å². The zero-order valence-electron chi connectivity index (χ0n) is 5.09. The van der Waals surface area contributed by atoms with E-state index in [4.69, 9.17) is 4.55 Å². The van der Waals surface area contributed by atoms with Gasteiger partial charge in [-0.3, -0.25) is 10.1 Å². The summed E-state index contributed by atoms with van der Waals surface area (Å²) in [6.45, 7) is 0. The molecule has 5 nitrogen and oxygen atoms in total. The number of rotatable bonds is 2. The number of nitro groups is 1. The maximum absolute atomic E-state index is 10.4. The highest BCUT2D eigenvalue weighted by molar-refractivity contribution is 7.79. The van der Waals surface area contributed by atoms with Crippen molar-refractivity contribution in [3.63, 3.8) is 0 Å². The van der Waals surface area contributed by atoms with Gasteiger partial charge in [-0.15, -0.1) is 0 Å². The molecule has 0 bridgehead atoms. The highest BCUT2D eigenvalue weighted by Crippen LogP contribution is 2.27. The predicted octanol–water partition coefficient (Wildman–Crippen LogP) is 1.24. The molecule has 1 rings (SSSR count). The molecule has 0 aromatic carbocycles. The topological polar surface area (TPSA) is 80.4 Å². The number of nitrogens with zero attached hydrogens (tertiary/aromatic N) is 1. The van der Waals surface area contributed by atoms with E-state index in [0.717, 1.165) is 11.3 Å². The zero-order chi connectivity index (χ0) is 8.43. The summed E-state index contributed by atoms with van der Waals surface area (Å²) in [5, 5.41) is 11.3. The molecule has 1 heterocycles. The van der Waals surface area contributed by atoms with E-state index in [9.17, 15) is 14.3 Å². The fraction of sp³-hybridized carbons (Fsp3) is 0. The first-order valence-electron chi connectivity index (χ1n) is 2.45. The number of hydrogen-bond donors (Lipinski definition) is 1. The summed E-state index contributed by atoms with van der Waals surface area (Å²) in [5.41, 5.74) is 0. The van der Waals surface area contributed by atoms with E-state index in [0.29, 0.717) is 0 Å². The highest BCUT2D eigenvalue weighted by atomic mass is 32.2. The maximum atomic E-state index is 10.4. The van der Waals surface area contributed by atoms with Crippen molar-refractivity contribution in [2.24, 2.45) is 0 Å². The van der Waals surface area contributed by atoms with Gasteiger partial charge in [0.2, 0.25) is 0 Å². The first-order valence-corrected chi connectivity index (χ1v) is 4.44. The second-order valence-electron chi connectivity index (χ2n) is 1.60. The van der Waals surface area contributed by atoms with Crippen LogP contribution in [0.25, 0.3) is 0 Å². The Balaban J connectivity index is 3.16. The van der Waals surface area contributed by atoms with Gasteiger partial charge in [-0.1, -0.05) is 11.3 Å².